The highest BCUT2D eigenvalue weighted by Crippen LogP contribution is 2.29. The maximum absolute atomic E-state index is 6.13. The Balaban J connectivity index is 1.89. The summed E-state index contributed by atoms with van der Waals surface area (Å²) in [6.45, 7) is 4.80. The van der Waals surface area contributed by atoms with Gasteiger partial charge >= 0.3 is 0 Å². The number of ether oxygens (including phenoxy) is 1. The average molecular weight is 324 g/mol. The van der Waals surface area contributed by atoms with Crippen molar-refractivity contribution in [2.45, 2.75) is 26.4 Å². The zero-order chi connectivity index (χ0) is 15.2. The molecule has 4 heteroatoms. The molecule has 2 nitrogen and oxygen atoms in total. The molecule has 0 spiro atoms. The molecule has 0 bridgehead atoms. The van der Waals surface area contributed by atoms with Crippen LogP contribution in [0.1, 0.15) is 19.4 Å². The Morgan fingerprint density at radius 3 is 2.48 bits per heavy atom. The van der Waals surface area contributed by atoms with Crippen LogP contribution in [0.3, 0.4) is 0 Å². The summed E-state index contributed by atoms with van der Waals surface area (Å²) < 4.78 is 5.87. The third kappa shape index (κ3) is 4.55. The minimum Gasteiger partial charge on any atom is -0.489 e. The molecular weight excluding hydrogens is 305 g/mol. The summed E-state index contributed by atoms with van der Waals surface area (Å²) in [6.07, 6.45) is 1.05. The zero-order valence-corrected chi connectivity index (χ0v) is 13.7. The second-order valence-corrected chi connectivity index (χ2v) is 5.69. The van der Waals surface area contributed by atoms with Gasteiger partial charge in [-0.3, -0.25) is 0 Å². The van der Waals surface area contributed by atoms with Crippen LogP contribution < -0.4 is 10.1 Å². The molecule has 0 aromatic heterocycles. The van der Waals surface area contributed by atoms with Gasteiger partial charge in [-0.15, -0.1) is 0 Å². The Labute approximate surface area is 136 Å². The van der Waals surface area contributed by atoms with Crippen LogP contribution in [0.2, 0.25) is 10.0 Å². The maximum atomic E-state index is 6.13. The van der Waals surface area contributed by atoms with E-state index < -0.39 is 0 Å². The van der Waals surface area contributed by atoms with Crippen molar-refractivity contribution < 1.29 is 4.74 Å². The fourth-order valence-corrected chi connectivity index (χ4v) is 2.34. The van der Waals surface area contributed by atoms with E-state index in [-0.39, 0.29) is 6.10 Å². The number of halogens is 2. The minimum absolute atomic E-state index is 0.0209. The van der Waals surface area contributed by atoms with Gasteiger partial charge in [0.2, 0.25) is 0 Å². The molecule has 2 aromatic rings. The Morgan fingerprint density at radius 1 is 1.10 bits per heavy atom. The van der Waals surface area contributed by atoms with Crippen molar-refractivity contribution >= 4 is 28.9 Å². The quantitative estimate of drug-likeness (QED) is 0.764. The number of aryl methyl sites for hydroxylation is 1. The van der Waals surface area contributed by atoms with Crippen molar-refractivity contribution in [2.75, 3.05) is 11.9 Å². The van der Waals surface area contributed by atoms with Crippen molar-refractivity contribution in [1.29, 1.82) is 0 Å². The van der Waals surface area contributed by atoms with Gasteiger partial charge in [-0.2, -0.15) is 0 Å². The largest absolute Gasteiger partial charge is 0.489 e. The van der Waals surface area contributed by atoms with Crippen molar-refractivity contribution in [3.63, 3.8) is 0 Å². The van der Waals surface area contributed by atoms with Crippen LogP contribution in [0.5, 0.6) is 5.75 Å². The molecule has 112 valence electrons. The van der Waals surface area contributed by atoms with E-state index in [0.29, 0.717) is 16.6 Å². The van der Waals surface area contributed by atoms with Crippen LogP contribution in [-0.4, -0.2) is 12.6 Å². The molecule has 1 atom stereocenters. The summed E-state index contributed by atoms with van der Waals surface area (Å²) in [5.74, 6) is 0.874. The summed E-state index contributed by atoms with van der Waals surface area (Å²) in [7, 11) is 0. The molecule has 1 unspecified atom stereocenters. The topological polar surface area (TPSA) is 21.3 Å². The predicted molar refractivity (Wildman–Crippen MR) is 90.9 cm³/mol. The van der Waals surface area contributed by atoms with Gasteiger partial charge in [-0.1, -0.05) is 48.3 Å². The zero-order valence-electron chi connectivity index (χ0n) is 12.2. The van der Waals surface area contributed by atoms with Gasteiger partial charge in [0.05, 0.1) is 22.3 Å². The van der Waals surface area contributed by atoms with Crippen LogP contribution in [0.15, 0.2) is 42.5 Å². The van der Waals surface area contributed by atoms with Crippen LogP contribution in [0.4, 0.5) is 5.69 Å². The lowest BCUT2D eigenvalue weighted by molar-refractivity contribution is 0.234. The second-order valence-electron chi connectivity index (χ2n) is 4.91. The molecule has 0 aliphatic heterocycles. The number of hydrogen-bond acceptors (Lipinski definition) is 2. The molecule has 0 amide bonds. The Kier molecular flexibility index (Phi) is 5.77. The van der Waals surface area contributed by atoms with E-state index in [1.54, 1.807) is 6.07 Å². The summed E-state index contributed by atoms with van der Waals surface area (Å²) in [6, 6.07) is 13.7. The number of hydrogen-bond donors (Lipinski definition) is 1. The van der Waals surface area contributed by atoms with E-state index in [2.05, 4.69) is 24.4 Å². The molecule has 0 heterocycles. The van der Waals surface area contributed by atoms with Gasteiger partial charge in [0.25, 0.3) is 0 Å². The Hall–Kier alpha value is -1.38. The first-order chi connectivity index (χ1) is 10.1. The normalized spacial score (nSPS) is 12.0. The van der Waals surface area contributed by atoms with Crippen molar-refractivity contribution in [2.24, 2.45) is 0 Å². The Bertz CT molecular complexity index is 584. The first-order valence-corrected chi connectivity index (χ1v) is 7.79. The molecular formula is C17H19Cl2NO. The van der Waals surface area contributed by atoms with E-state index in [4.69, 9.17) is 27.9 Å². The number of anilines is 1. The van der Waals surface area contributed by atoms with E-state index in [1.165, 1.54) is 5.56 Å². The molecule has 0 saturated heterocycles. The summed E-state index contributed by atoms with van der Waals surface area (Å²) in [4.78, 5) is 0. The van der Waals surface area contributed by atoms with Gasteiger partial charge in [0, 0.05) is 0 Å². The standard InChI is InChI=1S/C17H19Cl2NO/c1-3-13-7-9-14(10-8-13)21-12(2)11-20-16-6-4-5-15(18)17(16)19/h4-10,12,20H,3,11H2,1-2H3. The SMILES string of the molecule is CCc1ccc(OC(C)CNc2cccc(Cl)c2Cl)cc1. The van der Waals surface area contributed by atoms with Crippen molar-refractivity contribution in [3.05, 3.63) is 58.1 Å². The van der Waals surface area contributed by atoms with E-state index >= 15 is 0 Å². The maximum Gasteiger partial charge on any atom is 0.119 e. The lowest BCUT2D eigenvalue weighted by Crippen LogP contribution is -2.22. The fourth-order valence-electron chi connectivity index (χ4n) is 1.97. The van der Waals surface area contributed by atoms with Gasteiger partial charge in [-0.25, -0.2) is 0 Å². The highest BCUT2D eigenvalue weighted by Gasteiger charge is 2.07. The third-order valence-corrected chi connectivity index (χ3v) is 4.02. The van der Waals surface area contributed by atoms with Crippen LogP contribution in [-0.2, 0) is 6.42 Å². The molecule has 0 saturated carbocycles. The van der Waals surface area contributed by atoms with Crippen LogP contribution in [0, 0.1) is 0 Å². The molecule has 1 N–H and O–H groups in total. The fraction of sp³-hybridized carbons (Fsp3) is 0.294. The van der Waals surface area contributed by atoms with E-state index in [0.717, 1.165) is 17.9 Å². The van der Waals surface area contributed by atoms with Gasteiger partial charge in [0.1, 0.15) is 11.9 Å². The molecule has 0 fully saturated rings. The molecule has 21 heavy (non-hydrogen) atoms. The van der Waals surface area contributed by atoms with Gasteiger partial charge in [0.15, 0.2) is 0 Å². The lowest BCUT2D eigenvalue weighted by atomic mass is 10.2. The number of rotatable bonds is 6. The first kappa shape index (κ1) is 16.0. The van der Waals surface area contributed by atoms with Crippen molar-refractivity contribution in [3.8, 4) is 5.75 Å². The third-order valence-electron chi connectivity index (χ3n) is 3.20. The smallest absolute Gasteiger partial charge is 0.119 e. The van der Waals surface area contributed by atoms with Crippen molar-refractivity contribution in [1.82, 2.24) is 0 Å². The first-order valence-electron chi connectivity index (χ1n) is 7.03. The average Bonchev–Trinajstić information content (AvgIpc) is 2.49. The molecule has 2 rings (SSSR count). The van der Waals surface area contributed by atoms with E-state index in [9.17, 15) is 0 Å². The predicted octanol–water partition coefficient (Wildman–Crippen LogP) is 5.44. The Morgan fingerprint density at radius 2 is 1.81 bits per heavy atom. The number of benzene rings is 2. The number of nitrogens with one attached hydrogen (secondary N) is 1. The summed E-state index contributed by atoms with van der Waals surface area (Å²) in [5.41, 5.74) is 2.12. The summed E-state index contributed by atoms with van der Waals surface area (Å²) in [5, 5.41) is 4.34. The van der Waals surface area contributed by atoms with Crippen LogP contribution >= 0.6 is 23.2 Å². The molecule has 0 aliphatic carbocycles. The minimum atomic E-state index is 0.0209. The highest BCUT2D eigenvalue weighted by atomic mass is 35.5. The second kappa shape index (κ2) is 7.58. The van der Waals surface area contributed by atoms with Gasteiger partial charge < -0.3 is 10.1 Å². The highest BCUT2D eigenvalue weighted by molar-refractivity contribution is 6.43. The molecule has 2 aromatic carbocycles. The van der Waals surface area contributed by atoms with Crippen LogP contribution in [0.25, 0.3) is 0 Å². The van der Waals surface area contributed by atoms with Gasteiger partial charge in [-0.05, 0) is 43.2 Å². The van der Waals surface area contributed by atoms with E-state index in [1.807, 2.05) is 31.2 Å². The summed E-state index contributed by atoms with van der Waals surface area (Å²) >= 11 is 12.1. The molecule has 0 aliphatic rings. The molecule has 0 radical (unpaired) electrons. The lowest BCUT2D eigenvalue weighted by Gasteiger charge is -2.17. The monoisotopic (exact) mass is 323 g/mol.